The summed E-state index contributed by atoms with van der Waals surface area (Å²) in [5.41, 5.74) is 1.54. The molecule has 1 unspecified atom stereocenters. The number of hydrogen-bond donors (Lipinski definition) is 2. The van der Waals surface area contributed by atoms with Gasteiger partial charge in [-0.3, -0.25) is 4.98 Å². The highest BCUT2D eigenvalue weighted by Crippen LogP contribution is 2.23. The van der Waals surface area contributed by atoms with Gasteiger partial charge in [0.15, 0.2) is 0 Å². The Kier molecular flexibility index (Phi) is 4.77. The first kappa shape index (κ1) is 14.8. The van der Waals surface area contributed by atoms with E-state index in [1.165, 1.54) is 0 Å². The zero-order valence-corrected chi connectivity index (χ0v) is 12.2. The number of benzene rings is 1. The zero-order valence-electron chi connectivity index (χ0n) is 12.2. The number of amides is 2. The van der Waals surface area contributed by atoms with Gasteiger partial charge in [-0.15, -0.1) is 0 Å². The molecule has 0 radical (unpaired) electrons. The first-order valence-corrected chi connectivity index (χ1v) is 6.88. The van der Waals surface area contributed by atoms with Crippen molar-refractivity contribution in [1.82, 2.24) is 9.88 Å². The topological polar surface area (TPSA) is 65.5 Å². The standard InChI is InChI=1S/C16H19N3O2/c1-3-19(12(2)13-6-4-8-15(20)10-13)16(21)18-14-7-5-9-17-11-14/h4-12,20H,3H2,1-2H3,(H,18,21). The Hall–Kier alpha value is -2.56. The average Bonchev–Trinajstić information content (AvgIpc) is 2.49. The third kappa shape index (κ3) is 3.72. The lowest BCUT2D eigenvalue weighted by molar-refractivity contribution is 0.197. The van der Waals surface area contributed by atoms with Crippen LogP contribution in [0.25, 0.3) is 0 Å². The number of pyridine rings is 1. The molecule has 2 aromatic rings. The molecule has 1 atom stereocenters. The fraction of sp³-hybridized carbons (Fsp3) is 0.250. The van der Waals surface area contributed by atoms with Crippen LogP contribution in [-0.4, -0.2) is 27.6 Å². The maximum Gasteiger partial charge on any atom is 0.322 e. The lowest BCUT2D eigenvalue weighted by Gasteiger charge is -2.28. The van der Waals surface area contributed by atoms with Crippen LogP contribution >= 0.6 is 0 Å². The van der Waals surface area contributed by atoms with E-state index in [-0.39, 0.29) is 17.8 Å². The predicted molar refractivity (Wildman–Crippen MR) is 82.2 cm³/mol. The van der Waals surface area contributed by atoms with Gasteiger partial charge in [0.2, 0.25) is 0 Å². The molecule has 0 bridgehead atoms. The monoisotopic (exact) mass is 285 g/mol. The van der Waals surface area contributed by atoms with Crippen LogP contribution in [0.3, 0.4) is 0 Å². The largest absolute Gasteiger partial charge is 0.508 e. The van der Waals surface area contributed by atoms with Gasteiger partial charge in [0.25, 0.3) is 0 Å². The summed E-state index contributed by atoms with van der Waals surface area (Å²) >= 11 is 0. The first-order valence-electron chi connectivity index (χ1n) is 6.88. The molecule has 1 heterocycles. The number of nitrogens with one attached hydrogen (secondary N) is 1. The number of phenolic OH excluding ortho intramolecular Hbond substituents is 1. The van der Waals surface area contributed by atoms with Crippen molar-refractivity contribution in [2.45, 2.75) is 19.9 Å². The number of hydrogen-bond acceptors (Lipinski definition) is 3. The van der Waals surface area contributed by atoms with Crippen LogP contribution in [0.5, 0.6) is 5.75 Å². The minimum Gasteiger partial charge on any atom is -0.508 e. The Labute approximate surface area is 124 Å². The molecule has 21 heavy (non-hydrogen) atoms. The molecule has 1 aromatic carbocycles. The molecule has 0 aliphatic rings. The van der Waals surface area contributed by atoms with Crippen molar-refractivity contribution >= 4 is 11.7 Å². The second kappa shape index (κ2) is 6.74. The summed E-state index contributed by atoms with van der Waals surface area (Å²) in [6.45, 7) is 4.41. The van der Waals surface area contributed by atoms with Gasteiger partial charge >= 0.3 is 6.03 Å². The molecule has 1 aromatic heterocycles. The third-order valence-electron chi connectivity index (χ3n) is 3.33. The lowest BCUT2D eigenvalue weighted by atomic mass is 10.1. The summed E-state index contributed by atoms with van der Waals surface area (Å²) in [6, 6.07) is 10.2. The van der Waals surface area contributed by atoms with Crippen molar-refractivity contribution in [3.63, 3.8) is 0 Å². The van der Waals surface area contributed by atoms with Crippen LogP contribution in [0.2, 0.25) is 0 Å². The van der Waals surface area contributed by atoms with Crippen molar-refractivity contribution in [3.05, 3.63) is 54.4 Å². The number of phenols is 1. The normalized spacial score (nSPS) is 11.7. The van der Waals surface area contributed by atoms with E-state index in [4.69, 9.17) is 0 Å². The van der Waals surface area contributed by atoms with E-state index in [1.807, 2.05) is 19.9 Å². The molecular weight excluding hydrogens is 266 g/mol. The molecule has 0 fully saturated rings. The molecule has 5 nitrogen and oxygen atoms in total. The summed E-state index contributed by atoms with van der Waals surface area (Å²) in [5, 5.41) is 12.4. The van der Waals surface area contributed by atoms with Gasteiger partial charge in [0, 0.05) is 12.7 Å². The average molecular weight is 285 g/mol. The molecular formula is C16H19N3O2. The molecule has 2 N–H and O–H groups in total. The van der Waals surface area contributed by atoms with Crippen molar-refractivity contribution in [2.24, 2.45) is 0 Å². The van der Waals surface area contributed by atoms with Crippen molar-refractivity contribution in [3.8, 4) is 5.75 Å². The van der Waals surface area contributed by atoms with E-state index in [2.05, 4.69) is 10.3 Å². The van der Waals surface area contributed by atoms with Crippen molar-refractivity contribution in [2.75, 3.05) is 11.9 Å². The van der Waals surface area contributed by atoms with E-state index >= 15 is 0 Å². The van der Waals surface area contributed by atoms with Crippen LogP contribution in [0, 0.1) is 0 Å². The first-order chi connectivity index (χ1) is 10.1. The SMILES string of the molecule is CCN(C(=O)Nc1cccnc1)C(C)c1cccc(O)c1. The second-order valence-corrected chi connectivity index (χ2v) is 4.73. The fourth-order valence-electron chi connectivity index (χ4n) is 2.19. The summed E-state index contributed by atoms with van der Waals surface area (Å²) in [5.74, 6) is 0.197. The Balaban J connectivity index is 2.13. The number of carbonyl (C=O) groups excluding carboxylic acids is 1. The number of aromatic nitrogens is 1. The predicted octanol–water partition coefficient (Wildman–Crippen LogP) is 3.40. The molecule has 0 aliphatic heterocycles. The van der Waals surface area contributed by atoms with Crippen LogP contribution < -0.4 is 5.32 Å². The Morgan fingerprint density at radius 2 is 2.19 bits per heavy atom. The van der Waals surface area contributed by atoms with Crippen molar-refractivity contribution < 1.29 is 9.90 Å². The summed E-state index contributed by atoms with van der Waals surface area (Å²) in [7, 11) is 0. The van der Waals surface area contributed by atoms with Crippen molar-refractivity contribution in [1.29, 1.82) is 0 Å². The number of nitrogens with zero attached hydrogens (tertiary/aromatic N) is 2. The Bertz CT molecular complexity index is 601. The van der Waals surface area contributed by atoms with E-state index < -0.39 is 0 Å². The number of urea groups is 1. The smallest absolute Gasteiger partial charge is 0.322 e. The number of carbonyl (C=O) groups is 1. The molecule has 5 heteroatoms. The van der Waals surface area contributed by atoms with E-state index in [1.54, 1.807) is 47.6 Å². The van der Waals surface area contributed by atoms with Crippen LogP contribution in [0.4, 0.5) is 10.5 Å². The van der Waals surface area contributed by atoms with E-state index in [0.717, 1.165) is 5.56 Å². The Morgan fingerprint density at radius 1 is 1.38 bits per heavy atom. The summed E-state index contributed by atoms with van der Waals surface area (Å²) in [6.07, 6.45) is 3.26. The van der Waals surface area contributed by atoms with Crippen LogP contribution in [0.15, 0.2) is 48.8 Å². The molecule has 0 saturated heterocycles. The maximum atomic E-state index is 12.4. The molecule has 110 valence electrons. The molecule has 2 amide bonds. The highest BCUT2D eigenvalue weighted by Gasteiger charge is 2.20. The maximum absolute atomic E-state index is 12.4. The van der Waals surface area contributed by atoms with Gasteiger partial charge in [-0.1, -0.05) is 12.1 Å². The molecule has 0 aliphatic carbocycles. The molecule has 0 saturated carbocycles. The van der Waals surface area contributed by atoms with Crippen LogP contribution in [0.1, 0.15) is 25.5 Å². The van der Waals surface area contributed by atoms with E-state index in [9.17, 15) is 9.90 Å². The number of aromatic hydroxyl groups is 1. The molecule has 2 rings (SSSR count). The van der Waals surface area contributed by atoms with Gasteiger partial charge < -0.3 is 15.3 Å². The number of rotatable bonds is 4. The van der Waals surface area contributed by atoms with E-state index in [0.29, 0.717) is 12.2 Å². The second-order valence-electron chi connectivity index (χ2n) is 4.73. The lowest BCUT2D eigenvalue weighted by Crippen LogP contribution is -2.36. The Morgan fingerprint density at radius 3 is 2.81 bits per heavy atom. The number of anilines is 1. The summed E-state index contributed by atoms with van der Waals surface area (Å²) in [4.78, 5) is 18.0. The van der Waals surface area contributed by atoms with Gasteiger partial charge in [0.1, 0.15) is 5.75 Å². The zero-order chi connectivity index (χ0) is 15.2. The van der Waals surface area contributed by atoms with Gasteiger partial charge in [-0.05, 0) is 43.7 Å². The van der Waals surface area contributed by atoms with Crippen LogP contribution in [-0.2, 0) is 0 Å². The highest BCUT2D eigenvalue weighted by atomic mass is 16.3. The third-order valence-corrected chi connectivity index (χ3v) is 3.33. The van der Waals surface area contributed by atoms with Gasteiger partial charge in [-0.2, -0.15) is 0 Å². The van der Waals surface area contributed by atoms with Gasteiger partial charge in [0.05, 0.1) is 17.9 Å². The fourth-order valence-corrected chi connectivity index (χ4v) is 2.19. The minimum atomic E-state index is -0.193. The minimum absolute atomic E-state index is 0.140. The van der Waals surface area contributed by atoms with Gasteiger partial charge in [-0.25, -0.2) is 4.79 Å². The quantitative estimate of drug-likeness (QED) is 0.904. The highest BCUT2D eigenvalue weighted by molar-refractivity contribution is 5.89. The molecule has 0 spiro atoms. The summed E-state index contributed by atoms with van der Waals surface area (Å²) < 4.78 is 0.